The monoisotopic (exact) mass is 537 g/mol. The van der Waals surface area contributed by atoms with Gasteiger partial charge >= 0.3 is 5.97 Å². The summed E-state index contributed by atoms with van der Waals surface area (Å²) in [6.45, 7) is 7.56. The Hall–Kier alpha value is -3.44. The Morgan fingerprint density at radius 1 is 0.919 bits per heavy atom. The van der Waals surface area contributed by atoms with Gasteiger partial charge in [0.1, 0.15) is 23.0 Å². The first kappa shape index (κ1) is 29.8. The van der Waals surface area contributed by atoms with Crippen LogP contribution >= 0.6 is 0 Å². The molecule has 0 aromatic heterocycles. The zero-order chi connectivity index (χ0) is 27.8. The van der Waals surface area contributed by atoms with Gasteiger partial charge in [-0.15, -0.1) is 0 Å². The molecule has 0 saturated heterocycles. The molecule has 2 N–H and O–H groups in total. The molecule has 1 unspecified atom stereocenters. The Morgan fingerprint density at radius 3 is 1.89 bits per heavy atom. The van der Waals surface area contributed by atoms with Crippen LogP contribution in [0, 0.1) is 0 Å². The number of carbonyl (C=O) groups is 1. The SMILES string of the molecule is CC[N+](CC)(CC)C(C(=O)O)c1cc(NS(=O)(=O)/C=C/c2c(OC)cc(OC)cc2OC)ccc1OC. The van der Waals surface area contributed by atoms with E-state index in [-0.39, 0.29) is 10.2 Å². The van der Waals surface area contributed by atoms with Crippen molar-refractivity contribution in [2.24, 2.45) is 0 Å². The van der Waals surface area contributed by atoms with Gasteiger partial charge in [0.15, 0.2) is 0 Å². The number of nitrogens with zero attached hydrogens (tertiary/aromatic N) is 1. The fourth-order valence-corrected chi connectivity index (χ4v) is 5.28. The number of quaternary nitrogens is 1. The minimum Gasteiger partial charge on any atom is -0.496 e. The summed E-state index contributed by atoms with van der Waals surface area (Å²) in [6, 6.07) is 6.90. The van der Waals surface area contributed by atoms with Crippen molar-refractivity contribution >= 4 is 27.8 Å². The summed E-state index contributed by atoms with van der Waals surface area (Å²) in [7, 11) is 1.87. The summed E-state index contributed by atoms with van der Waals surface area (Å²) in [5.41, 5.74) is 1.01. The van der Waals surface area contributed by atoms with E-state index in [1.165, 1.54) is 46.6 Å². The second-order valence-electron chi connectivity index (χ2n) is 8.26. The van der Waals surface area contributed by atoms with Gasteiger partial charge in [0, 0.05) is 17.8 Å². The first-order valence-electron chi connectivity index (χ1n) is 11.8. The molecule has 0 spiro atoms. The van der Waals surface area contributed by atoms with Crippen LogP contribution in [0.5, 0.6) is 23.0 Å². The maximum Gasteiger partial charge on any atom is 0.367 e. The molecule has 0 radical (unpaired) electrons. The Kier molecular flexibility index (Phi) is 10.2. The predicted octanol–water partition coefficient (Wildman–Crippen LogP) is 4.14. The molecule has 0 aliphatic heterocycles. The lowest BCUT2D eigenvalue weighted by molar-refractivity contribution is -0.944. The Balaban J connectivity index is 2.51. The van der Waals surface area contributed by atoms with Crippen molar-refractivity contribution in [2.75, 3.05) is 52.8 Å². The first-order chi connectivity index (χ1) is 17.5. The number of methoxy groups -OCH3 is 4. The van der Waals surface area contributed by atoms with Gasteiger partial charge in [-0.05, 0) is 45.0 Å². The maximum absolute atomic E-state index is 13.0. The molecule has 1 atom stereocenters. The Morgan fingerprint density at radius 2 is 1.46 bits per heavy atom. The van der Waals surface area contributed by atoms with Crippen molar-refractivity contribution in [1.82, 2.24) is 0 Å². The van der Waals surface area contributed by atoms with Crippen molar-refractivity contribution in [3.8, 4) is 23.0 Å². The van der Waals surface area contributed by atoms with E-state index in [0.717, 1.165) is 5.41 Å². The molecular weight excluding hydrogens is 500 g/mol. The lowest BCUT2D eigenvalue weighted by Gasteiger charge is -2.41. The lowest BCUT2D eigenvalue weighted by Crippen LogP contribution is -2.53. The van der Waals surface area contributed by atoms with Crippen LogP contribution in [-0.2, 0) is 14.8 Å². The van der Waals surface area contributed by atoms with Crippen LogP contribution in [0.1, 0.15) is 37.9 Å². The number of carboxylic acid groups (broad SMARTS) is 1. The topological polar surface area (TPSA) is 120 Å². The van der Waals surface area contributed by atoms with Crippen LogP contribution < -0.4 is 23.7 Å². The summed E-state index contributed by atoms with van der Waals surface area (Å²) >= 11 is 0. The molecule has 0 bridgehead atoms. The average molecular weight is 538 g/mol. The summed E-state index contributed by atoms with van der Waals surface area (Å²) in [6.07, 6.45) is 1.36. The molecular formula is C26H37N2O8S+. The number of rotatable bonds is 14. The van der Waals surface area contributed by atoms with Gasteiger partial charge in [-0.3, -0.25) is 4.72 Å². The van der Waals surface area contributed by atoms with Crippen LogP contribution in [0.4, 0.5) is 5.69 Å². The number of hydrogen-bond acceptors (Lipinski definition) is 7. The van der Waals surface area contributed by atoms with Crippen molar-refractivity contribution in [1.29, 1.82) is 0 Å². The van der Waals surface area contributed by atoms with E-state index in [4.69, 9.17) is 18.9 Å². The second kappa shape index (κ2) is 12.7. The minimum absolute atomic E-state index is 0.210. The third kappa shape index (κ3) is 6.66. The molecule has 0 heterocycles. The molecule has 0 saturated carbocycles. The van der Waals surface area contributed by atoms with Crippen molar-refractivity contribution in [3.05, 3.63) is 46.9 Å². The molecule has 0 fully saturated rings. The first-order valence-corrected chi connectivity index (χ1v) is 13.4. The van der Waals surface area contributed by atoms with E-state index in [1.807, 2.05) is 20.8 Å². The maximum atomic E-state index is 13.0. The minimum atomic E-state index is -4.00. The van der Waals surface area contributed by atoms with Crippen LogP contribution in [0.25, 0.3) is 6.08 Å². The molecule has 2 rings (SSSR count). The number of nitrogens with one attached hydrogen (secondary N) is 1. The number of carboxylic acids is 1. The van der Waals surface area contributed by atoms with E-state index in [9.17, 15) is 18.3 Å². The number of hydrogen-bond donors (Lipinski definition) is 2. The van der Waals surface area contributed by atoms with Gasteiger partial charge in [0.2, 0.25) is 6.04 Å². The van der Waals surface area contributed by atoms with E-state index in [0.29, 0.717) is 53.8 Å². The third-order valence-corrected chi connectivity index (χ3v) is 7.64. The van der Waals surface area contributed by atoms with Crippen molar-refractivity contribution in [3.63, 3.8) is 0 Å². The van der Waals surface area contributed by atoms with Gasteiger partial charge in [-0.1, -0.05) is 0 Å². The summed E-state index contributed by atoms with van der Waals surface area (Å²) < 4.78 is 50.2. The molecule has 2 aromatic rings. The lowest BCUT2D eigenvalue weighted by atomic mass is 10.00. The molecule has 11 heteroatoms. The van der Waals surface area contributed by atoms with Gasteiger partial charge in [-0.2, -0.15) is 0 Å². The molecule has 37 heavy (non-hydrogen) atoms. The fourth-order valence-electron chi connectivity index (χ4n) is 4.45. The predicted molar refractivity (Wildman–Crippen MR) is 143 cm³/mol. The molecule has 0 amide bonds. The van der Waals surface area contributed by atoms with E-state index in [2.05, 4.69) is 4.72 Å². The number of sulfonamides is 1. The average Bonchev–Trinajstić information content (AvgIpc) is 2.89. The zero-order valence-electron chi connectivity index (χ0n) is 22.4. The highest BCUT2D eigenvalue weighted by Crippen LogP contribution is 2.38. The molecule has 2 aromatic carbocycles. The van der Waals surface area contributed by atoms with Gasteiger partial charge in [0.05, 0.1) is 64.6 Å². The number of benzene rings is 2. The van der Waals surface area contributed by atoms with E-state index < -0.39 is 22.0 Å². The number of anilines is 1. The molecule has 0 aliphatic rings. The number of ether oxygens (including phenoxy) is 4. The van der Waals surface area contributed by atoms with E-state index >= 15 is 0 Å². The highest BCUT2D eigenvalue weighted by Gasteiger charge is 2.41. The highest BCUT2D eigenvalue weighted by atomic mass is 32.2. The van der Waals surface area contributed by atoms with Crippen LogP contribution in [0.2, 0.25) is 0 Å². The quantitative estimate of drug-likeness (QED) is 0.345. The van der Waals surface area contributed by atoms with Crippen LogP contribution in [-0.4, -0.2) is 72.1 Å². The van der Waals surface area contributed by atoms with Gasteiger partial charge in [0.25, 0.3) is 10.0 Å². The van der Waals surface area contributed by atoms with Gasteiger partial charge in [-0.25, -0.2) is 13.2 Å². The Labute approximate surface area is 219 Å². The largest absolute Gasteiger partial charge is 0.496 e. The van der Waals surface area contributed by atoms with Crippen molar-refractivity contribution < 1.29 is 41.7 Å². The summed E-state index contributed by atoms with van der Waals surface area (Å²) in [5.74, 6) is 0.586. The van der Waals surface area contributed by atoms with Crippen LogP contribution in [0.3, 0.4) is 0 Å². The third-order valence-electron chi connectivity index (χ3n) is 6.62. The van der Waals surface area contributed by atoms with Crippen molar-refractivity contribution in [2.45, 2.75) is 26.8 Å². The fraction of sp³-hybridized carbons (Fsp3) is 0.423. The normalized spacial score (nSPS) is 12.7. The number of aliphatic carboxylic acids is 1. The second-order valence-corrected chi connectivity index (χ2v) is 9.83. The van der Waals surface area contributed by atoms with E-state index in [1.54, 1.807) is 18.2 Å². The molecule has 0 aliphatic carbocycles. The Bertz CT molecular complexity index is 1190. The number of likely N-dealkylation sites (N-methyl/N-ethyl adjacent to an activating group) is 1. The standard InChI is InChI=1S/C26H36N2O8S/c1-8-28(9-2,10-3)25(26(29)30)21-15-18(11-12-22(21)34-5)27-37(31,32)14-13-20-23(35-6)16-19(33-4)17-24(20)36-7/h11-17,25,27H,8-10H2,1-7H3/p+1/b14-13+. The van der Waals surface area contributed by atoms with Crippen LogP contribution in [0.15, 0.2) is 35.7 Å². The molecule has 204 valence electrons. The molecule has 10 nitrogen and oxygen atoms in total. The highest BCUT2D eigenvalue weighted by molar-refractivity contribution is 7.95. The smallest absolute Gasteiger partial charge is 0.367 e. The zero-order valence-corrected chi connectivity index (χ0v) is 23.2. The summed E-state index contributed by atoms with van der Waals surface area (Å²) in [5, 5.41) is 11.2. The summed E-state index contributed by atoms with van der Waals surface area (Å²) in [4.78, 5) is 12.5. The van der Waals surface area contributed by atoms with Gasteiger partial charge < -0.3 is 28.5 Å².